The number of hydrogen-bond donors (Lipinski definition) is 1. The molecule has 1 heterocycles. The molecule has 22 heavy (non-hydrogen) atoms. The van der Waals surface area contributed by atoms with Crippen LogP contribution in [0.15, 0.2) is 48.5 Å². The Kier molecular flexibility index (Phi) is 4.42. The molecule has 1 amide bonds. The largest absolute Gasteiger partial charge is 0.376 e. The minimum Gasteiger partial charge on any atom is -0.376 e. The van der Waals surface area contributed by atoms with Crippen LogP contribution in [0.4, 0.5) is 5.69 Å². The quantitative estimate of drug-likeness (QED) is 0.939. The third-order valence-electron chi connectivity index (χ3n) is 4.31. The van der Waals surface area contributed by atoms with Crippen molar-refractivity contribution >= 4 is 11.6 Å². The standard InChI is InChI=1S/C19H22N2O/c1-2-15-7-5-6-10-18(15)20-13-19(22)21-12-11-16-8-3-4-9-17(16)14-21/h3-10,20H,2,11-14H2,1H3. The van der Waals surface area contributed by atoms with Crippen LogP contribution in [0.2, 0.25) is 0 Å². The van der Waals surface area contributed by atoms with Gasteiger partial charge >= 0.3 is 0 Å². The summed E-state index contributed by atoms with van der Waals surface area (Å²) in [6.07, 6.45) is 1.92. The average molecular weight is 294 g/mol. The first kappa shape index (κ1) is 14.6. The lowest BCUT2D eigenvalue weighted by Gasteiger charge is -2.29. The number of nitrogens with one attached hydrogen (secondary N) is 1. The van der Waals surface area contributed by atoms with Crippen molar-refractivity contribution in [2.45, 2.75) is 26.3 Å². The smallest absolute Gasteiger partial charge is 0.242 e. The van der Waals surface area contributed by atoms with Crippen LogP contribution in [0.5, 0.6) is 0 Å². The molecule has 0 spiro atoms. The van der Waals surface area contributed by atoms with E-state index in [1.54, 1.807) is 0 Å². The molecular formula is C19H22N2O. The molecule has 1 N–H and O–H groups in total. The molecule has 3 rings (SSSR count). The summed E-state index contributed by atoms with van der Waals surface area (Å²) in [6.45, 7) is 4.03. The maximum Gasteiger partial charge on any atom is 0.242 e. The van der Waals surface area contributed by atoms with Crippen LogP contribution >= 0.6 is 0 Å². The van der Waals surface area contributed by atoms with Gasteiger partial charge in [-0.1, -0.05) is 49.4 Å². The Morgan fingerprint density at radius 1 is 1.09 bits per heavy atom. The number of hydrogen-bond acceptors (Lipinski definition) is 2. The van der Waals surface area contributed by atoms with E-state index in [1.807, 2.05) is 29.2 Å². The van der Waals surface area contributed by atoms with Crippen molar-refractivity contribution in [2.75, 3.05) is 18.4 Å². The number of para-hydroxylation sites is 1. The van der Waals surface area contributed by atoms with Gasteiger partial charge in [0.1, 0.15) is 0 Å². The number of anilines is 1. The number of amides is 1. The molecule has 2 aromatic rings. The summed E-state index contributed by atoms with van der Waals surface area (Å²) in [6, 6.07) is 16.6. The molecule has 1 aliphatic rings. The molecule has 0 saturated carbocycles. The van der Waals surface area contributed by atoms with Gasteiger partial charge in [0, 0.05) is 18.8 Å². The van der Waals surface area contributed by atoms with Crippen molar-refractivity contribution in [3.8, 4) is 0 Å². The van der Waals surface area contributed by atoms with Gasteiger partial charge in [0.05, 0.1) is 6.54 Å². The molecule has 0 saturated heterocycles. The number of carbonyl (C=O) groups is 1. The maximum absolute atomic E-state index is 12.4. The molecule has 0 unspecified atom stereocenters. The highest BCUT2D eigenvalue weighted by Crippen LogP contribution is 2.19. The van der Waals surface area contributed by atoms with E-state index in [2.05, 4.69) is 36.5 Å². The van der Waals surface area contributed by atoms with Crippen LogP contribution in [0.1, 0.15) is 23.6 Å². The fourth-order valence-corrected chi connectivity index (χ4v) is 2.99. The van der Waals surface area contributed by atoms with E-state index in [4.69, 9.17) is 0 Å². The van der Waals surface area contributed by atoms with Crippen molar-refractivity contribution in [2.24, 2.45) is 0 Å². The maximum atomic E-state index is 12.4. The summed E-state index contributed by atoms with van der Waals surface area (Å²) < 4.78 is 0. The number of carbonyl (C=O) groups excluding carboxylic acids is 1. The number of fused-ring (bicyclic) bond motifs is 1. The van der Waals surface area contributed by atoms with Gasteiger partial charge in [0.2, 0.25) is 5.91 Å². The second-order valence-electron chi connectivity index (χ2n) is 5.70. The van der Waals surface area contributed by atoms with Crippen LogP contribution in [-0.2, 0) is 24.2 Å². The minimum atomic E-state index is 0.167. The second-order valence-corrected chi connectivity index (χ2v) is 5.70. The summed E-state index contributed by atoms with van der Waals surface area (Å²) in [5, 5.41) is 3.29. The van der Waals surface area contributed by atoms with Crippen molar-refractivity contribution < 1.29 is 4.79 Å². The predicted octanol–water partition coefficient (Wildman–Crippen LogP) is 3.25. The molecule has 0 atom stereocenters. The lowest BCUT2D eigenvalue weighted by molar-refractivity contribution is -0.130. The van der Waals surface area contributed by atoms with Gasteiger partial charge in [-0.05, 0) is 35.6 Å². The Morgan fingerprint density at radius 3 is 2.64 bits per heavy atom. The topological polar surface area (TPSA) is 32.3 Å². The van der Waals surface area contributed by atoms with E-state index in [0.717, 1.165) is 31.6 Å². The van der Waals surface area contributed by atoms with Crippen LogP contribution in [0.25, 0.3) is 0 Å². The van der Waals surface area contributed by atoms with Gasteiger partial charge in [-0.2, -0.15) is 0 Å². The highest BCUT2D eigenvalue weighted by atomic mass is 16.2. The van der Waals surface area contributed by atoms with Gasteiger partial charge in [-0.15, -0.1) is 0 Å². The van der Waals surface area contributed by atoms with Gasteiger partial charge in [-0.3, -0.25) is 4.79 Å². The van der Waals surface area contributed by atoms with Crippen LogP contribution < -0.4 is 5.32 Å². The van der Waals surface area contributed by atoms with Gasteiger partial charge in [0.15, 0.2) is 0 Å². The van der Waals surface area contributed by atoms with Gasteiger partial charge < -0.3 is 10.2 Å². The molecule has 3 heteroatoms. The first-order valence-corrected chi connectivity index (χ1v) is 7.94. The third kappa shape index (κ3) is 3.14. The first-order chi connectivity index (χ1) is 10.8. The summed E-state index contributed by atoms with van der Waals surface area (Å²) in [5.74, 6) is 0.167. The van der Waals surface area contributed by atoms with E-state index in [1.165, 1.54) is 16.7 Å². The lowest BCUT2D eigenvalue weighted by Crippen LogP contribution is -2.39. The molecule has 0 fully saturated rings. The summed E-state index contributed by atoms with van der Waals surface area (Å²) >= 11 is 0. The SMILES string of the molecule is CCc1ccccc1NCC(=O)N1CCc2ccccc2C1. The van der Waals surface area contributed by atoms with Crippen LogP contribution in [-0.4, -0.2) is 23.9 Å². The number of rotatable bonds is 4. The van der Waals surface area contributed by atoms with E-state index < -0.39 is 0 Å². The zero-order chi connectivity index (χ0) is 15.4. The Labute approximate surface area is 132 Å². The highest BCUT2D eigenvalue weighted by molar-refractivity contribution is 5.81. The molecule has 0 bridgehead atoms. The molecule has 0 aromatic heterocycles. The van der Waals surface area contributed by atoms with E-state index in [-0.39, 0.29) is 5.91 Å². The average Bonchev–Trinajstić information content (AvgIpc) is 2.59. The predicted molar refractivity (Wildman–Crippen MR) is 89.9 cm³/mol. The number of nitrogens with zero attached hydrogens (tertiary/aromatic N) is 1. The monoisotopic (exact) mass is 294 g/mol. The Balaban J connectivity index is 1.61. The third-order valence-corrected chi connectivity index (χ3v) is 4.31. The zero-order valence-electron chi connectivity index (χ0n) is 13.0. The second kappa shape index (κ2) is 6.65. The molecule has 3 nitrogen and oxygen atoms in total. The van der Waals surface area contributed by atoms with Crippen LogP contribution in [0.3, 0.4) is 0 Å². The molecule has 0 radical (unpaired) electrons. The normalized spacial score (nSPS) is 13.6. The minimum absolute atomic E-state index is 0.167. The van der Waals surface area contributed by atoms with E-state index in [9.17, 15) is 4.79 Å². The number of benzene rings is 2. The Morgan fingerprint density at radius 2 is 1.82 bits per heavy atom. The van der Waals surface area contributed by atoms with E-state index >= 15 is 0 Å². The fourth-order valence-electron chi connectivity index (χ4n) is 2.99. The van der Waals surface area contributed by atoms with Crippen molar-refractivity contribution in [3.05, 3.63) is 65.2 Å². The van der Waals surface area contributed by atoms with E-state index in [0.29, 0.717) is 6.54 Å². The molecule has 2 aromatic carbocycles. The molecule has 114 valence electrons. The Bertz CT molecular complexity index is 666. The highest BCUT2D eigenvalue weighted by Gasteiger charge is 2.20. The van der Waals surface area contributed by atoms with Crippen molar-refractivity contribution in [1.82, 2.24) is 4.90 Å². The van der Waals surface area contributed by atoms with Gasteiger partial charge in [-0.25, -0.2) is 0 Å². The number of aryl methyl sites for hydroxylation is 1. The molecule has 1 aliphatic heterocycles. The van der Waals surface area contributed by atoms with Crippen molar-refractivity contribution in [1.29, 1.82) is 0 Å². The first-order valence-electron chi connectivity index (χ1n) is 7.94. The lowest BCUT2D eigenvalue weighted by atomic mass is 10.00. The molecular weight excluding hydrogens is 272 g/mol. The van der Waals surface area contributed by atoms with Crippen molar-refractivity contribution in [3.63, 3.8) is 0 Å². The van der Waals surface area contributed by atoms with Crippen LogP contribution in [0, 0.1) is 0 Å². The molecule has 0 aliphatic carbocycles. The van der Waals surface area contributed by atoms with Gasteiger partial charge in [0.25, 0.3) is 0 Å². The Hall–Kier alpha value is -2.29. The summed E-state index contributed by atoms with van der Waals surface area (Å²) in [7, 11) is 0. The zero-order valence-corrected chi connectivity index (χ0v) is 13.0. The summed E-state index contributed by atoms with van der Waals surface area (Å²) in [5.41, 5.74) is 4.96. The fraction of sp³-hybridized carbons (Fsp3) is 0.316. The summed E-state index contributed by atoms with van der Waals surface area (Å²) in [4.78, 5) is 14.4.